The number of fused-ring (bicyclic) bond motifs is 3. The molecule has 0 saturated carbocycles. The summed E-state index contributed by atoms with van der Waals surface area (Å²) < 4.78 is 8.38. The van der Waals surface area contributed by atoms with Crippen molar-refractivity contribution in [2.24, 2.45) is 5.92 Å². The molecule has 1 aromatic heterocycles. The highest BCUT2D eigenvalue weighted by molar-refractivity contribution is 6.44. The van der Waals surface area contributed by atoms with Crippen LogP contribution in [0, 0.1) is 5.92 Å². The van der Waals surface area contributed by atoms with Crippen LogP contribution in [-0.4, -0.2) is 45.3 Å². The van der Waals surface area contributed by atoms with Gasteiger partial charge in [-0.2, -0.15) is 0 Å². The summed E-state index contributed by atoms with van der Waals surface area (Å²) in [5.41, 5.74) is 2.22. The molecule has 3 aromatic rings. The van der Waals surface area contributed by atoms with E-state index < -0.39 is 24.0 Å². The number of aliphatic carboxylic acids is 1. The number of benzene rings is 2. The van der Waals surface area contributed by atoms with Gasteiger partial charge in [-0.15, -0.1) is 0 Å². The molecular formula is C28H25Cl3N2O5. The van der Waals surface area contributed by atoms with E-state index in [1.54, 1.807) is 35.2 Å². The summed E-state index contributed by atoms with van der Waals surface area (Å²) in [5.74, 6) is -1.27. The first-order valence-corrected chi connectivity index (χ1v) is 13.5. The molecule has 2 aromatic carbocycles. The Morgan fingerprint density at radius 2 is 1.74 bits per heavy atom. The van der Waals surface area contributed by atoms with Gasteiger partial charge >= 0.3 is 5.97 Å². The lowest BCUT2D eigenvalue weighted by Crippen LogP contribution is -2.39. The van der Waals surface area contributed by atoms with Gasteiger partial charge in [0.15, 0.2) is 5.78 Å². The van der Waals surface area contributed by atoms with Crippen molar-refractivity contribution < 1.29 is 24.2 Å². The van der Waals surface area contributed by atoms with Gasteiger partial charge < -0.3 is 19.3 Å². The van der Waals surface area contributed by atoms with Crippen molar-refractivity contribution in [3.63, 3.8) is 0 Å². The second-order valence-corrected chi connectivity index (χ2v) is 10.8. The first-order chi connectivity index (χ1) is 18.2. The number of amides is 1. The lowest BCUT2D eigenvalue weighted by atomic mass is 9.93. The smallest absolute Gasteiger partial charge is 0.303 e. The normalized spacial score (nSPS) is 19.4. The molecule has 3 heterocycles. The number of nitrogens with zero attached hydrogens (tertiary/aromatic N) is 2. The number of ketones is 1. The Balaban J connectivity index is 1.46. The highest BCUT2D eigenvalue weighted by Crippen LogP contribution is 2.42. The van der Waals surface area contributed by atoms with E-state index >= 15 is 0 Å². The van der Waals surface area contributed by atoms with Crippen molar-refractivity contribution in [3.8, 4) is 5.69 Å². The van der Waals surface area contributed by atoms with E-state index in [1.807, 2.05) is 29.0 Å². The predicted octanol–water partition coefficient (Wildman–Crippen LogP) is 6.54. The Kier molecular flexibility index (Phi) is 7.82. The van der Waals surface area contributed by atoms with E-state index in [0.29, 0.717) is 36.5 Å². The summed E-state index contributed by atoms with van der Waals surface area (Å²) >= 11 is 18.9. The van der Waals surface area contributed by atoms with E-state index in [9.17, 15) is 14.4 Å². The molecular weight excluding hydrogens is 551 g/mol. The topological polar surface area (TPSA) is 88.8 Å². The van der Waals surface area contributed by atoms with Gasteiger partial charge in [0.05, 0.1) is 27.8 Å². The number of halogens is 3. The van der Waals surface area contributed by atoms with Gasteiger partial charge in [-0.1, -0.05) is 40.9 Å². The Morgan fingerprint density at radius 3 is 2.47 bits per heavy atom. The minimum absolute atomic E-state index is 0.0163. The van der Waals surface area contributed by atoms with Crippen molar-refractivity contribution in [2.75, 3.05) is 13.1 Å². The van der Waals surface area contributed by atoms with Gasteiger partial charge in [-0.05, 0) is 61.2 Å². The van der Waals surface area contributed by atoms with Gasteiger partial charge in [0.2, 0.25) is 5.91 Å². The number of carboxylic acid groups (broad SMARTS) is 1. The van der Waals surface area contributed by atoms with Crippen LogP contribution in [-0.2, 0) is 14.3 Å². The third kappa shape index (κ3) is 5.34. The SMILES string of the molecule is O=C(O)CC1CCN(C(=O)C[C@H]2O[C@H](C(=O)c3cccc(Cl)c3Cl)c3cc(Cl)ccc3-n3cccc32)CC1. The molecule has 1 amide bonds. The molecule has 2 atom stereocenters. The Bertz CT molecular complexity index is 1400. The zero-order chi connectivity index (χ0) is 27.0. The standard InChI is InChI=1S/C28H25Cl3N2O5/c29-17-6-7-21-19(14-17)28(27(37)18-3-1-4-20(30)26(18)31)38-23(22-5-2-10-33(21)22)15-24(34)32-11-8-16(9-12-32)13-25(35)36/h1-7,10,14,16,23,28H,8-9,11-13,15H2,(H,35,36)/t23-,28+/m1/s1. The van der Waals surface area contributed by atoms with Crippen LogP contribution in [0.3, 0.4) is 0 Å². The van der Waals surface area contributed by atoms with E-state index in [1.165, 1.54) is 0 Å². The van der Waals surface area contributed by atoms with Crippen LogP contribution in [0.1, 0.15) is 59.5 Å². The van der Waals surface area contributed by atoms with Crippen LogP contribution < -0.4 is 0 Å². The minimum Gasteiger partial charge on any atom is -0.481 e. The quantitative estimate of drug-likeness (QED) is 0.337. The number of rotatable bonds is 6. The van der Waals surface area contributed by atoms with Crippen LogP contribution in [0.5, 0.6) is 0 Å². The summed E-state index contributed by atoms with van der Waals surface area (Å²) in [6, 6.07) is 13.8. The predicted molar refractivity (Wildman–Crippen MR) is 144 cm³/mol. The molecule has 1 saturated heterocycles. The number of carbonyl (C=O) groups excluding carboxylic acids is 2. The first kappa shape index (κ1) is 26.8. The molecule has 2 aliphatic heterocycles. The Morgan fingerprint density at radius 1 is 0.974 bits per heavy atom. The van der Waals surface area contributed by atoms with Crippen molar-refractivity contribution in [2.45, 2.75) is 37.9 Å². The van der Waals surface area contributed by atoms with Gasteiger partial charge in [0.1, 0.15) is 12.2 Å². The van der Waals surface area contributed by atoms with Crippen molar-refractivity contribution >= 4 is 52.5 Å². The van der Waals surface area contributed by atoms with Crippen LogP contribution in [0.15, 0.2) is 54.7 Å². The minimum atomic E-state index is -1.08. The fraction of sp³-hybridized carbons (Fsp3) is 0.321. The molecule has 5 rings (SSSR count). The Hall–Kier alpha value is -2.84. The molecule has 0 radical (unpaired) electrons. The third-order valence-corrected chi connectivity index (χ3v) is 8.24. The molecule has 1 N–H and O–H groups in total. The molecule has 0 unspecified atom stereocenters. The number of Topliss-reactive ketones (excluding diaryl/α,β-unsaturated/α-hetero) is 1. The van der Waals surface area contributed by atoms with Crippen LogP contribution >= 0.6 is 34.8 Å². The maximum Gasteiger partial charge on any atom is 0.303 e. The van der Waals surface area contributed by atoms with E-state index in [0.717, 1.165) is 11.4 Å². The third-order valence-electron chi connectivity index (χ3n) is 7.19. The highest BCUT2D eigenvalue weighted by Gasteiger charge is 2.37. The molecule has 10 heteroatoms. The van der Waals surface area contributed by atoms with E-state index in [-0.39, 0.29) is 40.3 Å². The van der Waals surface area contributed by atoms with Crippen molar-refractivity contribution in [3.05, 3.63) is 86.6 Å². The maximum atomic E-state index is 13.9. The number of carboxylic acids is 1. The number of hydrogen-bond donors (Lipinski definition) is 1. The lowest BCUT2D eigenvalue weighted by Gasteiger charge is -2.32. The molecule has 0 aliphatic carbocycles. The molecule has 7 nitrogen and oxygen atoms in total. The molecule has 0 spiro atoms. The molecule has 1 fully saturated rings. The number of piperidine rings is 1. The lowest BCUT2D eigenvalue weighted by molar-refractivity contribution is -0.139. The summed E-state index contributed by atoms with van der Waals surface area (Å²) in [7, 11) is 0. The maximum absolute atomic E-state index is 13.9. The van der Waals surface area contributed by atoms with Crippen molar-refractivity contribution in [1.29, 1.82) is 0 Å². The largest absolute Gasteiger partial charge is 0.481 e. The summed E-state index contributed by atoms with van der Waals surface area (Å²) in [6.45, 7) is 0.974. The summed E-state index contributed by atoms with van der Waals surface area (Å²) in [6.07, 6.45) is 1.45. The average molecular weight is 576 g/mol. The average Bonchev–Trinajstić information content (AvgIpc) is 3.33. The molecule has 0 bridgehead atoms. The fourth-order valence-corrected chi connectivity index (χ4v) is 5.82. The van der Waals surface area contributed by atoms with Crippen LogP contribution in [0.25, 0.3) is 5.69 Å². The van der Waals surface area contributed by atoms with Gasteiger partial charge in [-0.3, -0.25) is 14.4 Å². The highest BCUT2D eigenvalue weighted by atomic mass is 35.5. The molecule has 2 aliphatic rings. The number of carbonyl (C=O) groups is 3. The number of ether oxygens (including phenoxy) is 1. The Labute approximate surface area is 234 Å². The van der Waals surface area contributed by atoms with E-state index in [4.69, 9.17) is 44.6 Å². The zero-order valence-corrected chi connectivity index (χ0v) is 22.5. The van der Waals surface area contributed by atoms with Gasteiger partial charge in [0.25, 0.3) is 0 Å². The molecule has 38 heavy (non-hydrogen) atoms. The molecule has 198 valence electrons. The van der Waals surface area contributed by atoms with Crippen LogP contribution in [0.4, 0.5) is 0 Å². The van der Waals surface area contributed by atoms with Gasteiger partial charge in [0, 0.05) is 41.9 Å². The van der Waals surface area contributed by atoms with Crippen molar-refractivity contribution in [1.82, 2.24) is 9.47 Å². The number of likely N-dealkylation sites (tertiary alicyclic amines) is 1. The van der Waals surface area contributed by atoms with Crippen LogP contribution in [0.2, 0.25) is 15.1 Å². The van der Waals surface area contributed by atoms with E-state index in [2.05, 4.69) is 0 Å². The fourth-order valence-electron chi connectivity index (χ4n) is 5.25. The second-order valence-electron chi connectivity index (χ2n) is 9.60. The monoisotopic (exact) mass is 574 g/mol. The zero-order valence-electron chi connectivity index (χ0n) is 20.3. The van der Waals surface area contributed by atoms with Gasteiger partial charge in [-0.25, -0.2) is 0 Å². The summed E-state index contributed by atoms with van der Waals surface area (Å²) in [4.78, 5) is 40.1. The number of hydrogen-bond acceptors (Lipinski definition) is 4. The number of aromatic nitrogens is 1. The summed E-state index contributed by atoms with van der Waals surface area (Å²) in [5, 5.41) is 9.90. The first-order valence-electron chi connectivity index (χ1n) is 12.3. The second kappa shape index (κ2) is 11.1.